The summed E-state index contributed by atoms with van der Waals surface area (Å²) in [6.07, 6.45) is 7.94. The second-order valence-electron chi connectivity index (χ2n) is 4.62. The minimum atomic E-state index is -0.931. The standard InChI is InChI=1S/C15H23NO3/c1-2-3-5-10-19-11-6-4-7-14-9-8-13(12-16-14)15(17)18/h8-9,12H,2-7,10-11H2,1H3,(H,17,18). The zero-order valence-electron chi connectivity index (χ0n) is 11.6. The molecule has 0 aliphatic carbocycles. The third-order valence-corrected chi connectivity index (χ3v) is 2.94. The fourth-order valence-electron chi connectivity index (χ4n) is 1.77. The van der Waals surface area contributed by atoms with Gasteiger partial charge < -0.3 is 9.84 Å². The quantitative estimate of drug-likeness (QED) is 0.659. The van der Waals surface area contributed by atoms with Gasteiger partial charge in [0.1, 0.15) is 0 Å². The Labute approximate surface area is 114 Å². The topological polar surface area (TPSA) is 59.4 Å². The molecule has 0 saturated heterocycles. The van der Waals surface area contributed by atoms with E-state index < -0.39 is 5.97 Å². The Hall–Kier alpha value is -1.42. The Kier molecular flexibility index (Phi) is 7.82. The Morgan fingerprint density at radius 1 is 1.21 bits per heavy atom. The SMILES string of the molecule is CCCCCOCCCCc1ccc(C(=O)O)cn1. The predicted octanol–water partition coefficient (Wildman–Crippen LogP) is 3.31. The Morgan fingerprint density at radius 3 is 2.53 bits per heavy atom. The number of rotatable bonds is 10. The molecule has 0 unspecified atom stereocenters. The summed E-state index contributed by atoms with van der Waals surface area (Å²) < 4.78 is 5.53. The summed E-state index contributed by atoms with van der Waals surface area (Å²) in [6.45, 7) is 3.85. The summed E-state index contributed by atoms with van der Waals surface area (Å²) in [4.78, 5) is 14.8. The molecule has 0 spiro atoms. The first-order valence-electron chi connectivity index (χ1n) is 7.00. The van der Waals surface area contributed by atoms with Gasteiger partial charge in [0, 0.05) is 25.1 Å². The molecular formula is C15H23NO3. The number of aromatic carboxylic acids is 1. The Bertz CT molecular complexity index is 362. The molecule has 0 radical (unpaired) electrons. The van der Waals surface area contributed by atoms with Crippen LogP contribution < -0.4 is 0 Å². The third kappa shape index (κ3) is 6.91. The van der Waals surface area contributed by atoms with E-state index in [1.165, 1.54) is 19.0 Å². The summed E-state index contributed by atoms with van der Waals surface area (Å²) in [7, 11) is 0. The summed E-state index contributed by atoms with van der Waals surface area (Å²) in [5, 5.41) is 8.75. The molecule has 0 aliphatic heterocycles. The number of nitrogens with zero attached hydrogens (tertiary/aromatic N) is 1. The van der Waals surface area contributed by atoms with E-state index in [0.29, 0.717) is 0 Å². The normalized spacial score (nSPS) is 10.6. The lowest BCUT2D eigenvalue weighted by Gasteiger charge is -2.04. The minimum absolute atomic E-state index is 0.239. The highest BCUT2D eigenvalue weighted by molar-refractivity contribution is 5.87. The first kappa shape index (κ1) is 15.6. The van der Waals surface area contributed by atoms with Crippen molar-refractivity contribution < 1.29 is 14.6 Å². The van der Waals surface area contributed by atoms with Gasteiger partial charge >= 0.3 is 5.97 Å². The van der Waals surface area contributed by atoms with Crippen LogP contribution in [0.4, 0.5) is 0 Å². The number of unbranched alkanes of at least 4 members (excludes halogenated alkanes) is 3. The molecule has 4 nitrogen and oxygen atoms in total. The van der Waals surface area contributed by atoms with Crippen LogP contribution in [0.1, 0.15) is 55.1 Å². The number of hydrogen-bond donors (Lipinski definition) is 1. The van der Waals surface area contributed by atoms with E-state index in [1.807, 2.05) is 0 Å². The van der Waals surface area contributed by atoms with Crippen LogP contribution in [0.2, 0.25) is 0 Å². The fraction of sp³-hybridized carbons (Fsp3) is 0.600. The van der Waals surface area contributed by atoms with Crippen LogP contribution in [0.15, 0.2) is 18.3 Å². The molecule has 19 heavy (non-hydrogen) atoms. The van der Waals surface area contributed by atoms with Gasteiger partial charge in [0.2, 0.25) is 0 Å². The maximum atomic E-state index is 10.7. The molecule has 1 N–H and O–H groups in total. The molecule has 1 aromatic rings. The summed E-state index contributed by atoms with van der Waals surface area (Å²) in [5.41, 5.74) is 1.18. The summed E-state index contributed by atoms with van der Waals surface area (Å²) >= 11 is 0. The van der Waals surface area contributed by atoms with Crippen molar-refractivity contribution in [1.29, 1.82) is 0 Å². The first-order valence-corrected chi connectivity index (χ1v) is 7.00. The molecule has 106 valence electrons. The fourth-order valence-corrected chi connectivity index (χ4v) is 1.77. The minimum Gasteiger partial charge on any atom is -0.478 e. The van der Waals surface area contributed by atoms with E-state index in [4.69, 9.17) is 9.84 Å². The van der Waals surface area contributed by atoms with Crippen molar-refractivity contribution in [2.75, 3.05) is 13.2 Å². The average molecular weight is 265 g/mol. The Morgan fingerprint density at radius 2 is 1.95 bits per heavy atom. The molecule has 0 bridgehead atoms. The third-order valence-electron chi connectivity index (χ3n) is 2.94. The van der Waals surface area contributed by atoms with E-state index in [1.54, 1.807) is 12.1 Å². The summed E-state index contributed by atoms with van der Waals surface area (Å²) in [5.74, 6) is -0.931. The van der Waals surface area contributed by atoms with Crippen molar-refractivity contribution in [3.8, 4) is 0 Å². The average Bonchev–Trinajstić information content (AvgIpc) is 2.42. The number of carbonyl (C=O) groups is 1. The van der Waals surface area contributed by atoms with E-state index in [-0.39, 0.29) is 5.56 Å². The molecule has 0 saturated carbocycles. The van der Waals surface area contributed by atoms with Crippen LogP contribution in [0.25, 0.3) is 0 Å². The van der Waals surface area contributed by atoms with E-state index >= 15 is 0 Å². The molecule has 0 atom stereocenters. The van der Waals surface area contributed by atoms with Crippen LogP contribution in [0.3, 0.4) is 0 Å². The zero-order valence-corrected chi connectivity index (χ0v) is 11.6. The van der Waals surface area contributed by atoms with E-state index in [0.717, 1.165) is 44.6 Å². The van der Waals surface area contributed by atoms with Crippen molar-refractivity contribution in [3.05, 3.63) is 29.6 Å². The highest BCUT2D eigenvalue weighted by Gasteiger charge is 2.02. The van der Waals surface area contributed by atoms with Gasteiger partial charge in [0.15, 0.2) is 0 Å². The van der Waals surface area contributed by atoms with Gasteiger partial charge in [-0.05, 0) is 37.8 Å². The van der Waals surface area contributed by atoms with E-state index in [9.17, 15) is 4.79 Å². The van der Waals surface area contributed by atoms with Crippen molar-refractivity contribution in [1.82, 2.24) is 4.98 Å². The lowest BCUT2D eigenvalue weighted by Crippen LogP contribution is -2.00. The number of aryl methyl sites for hydroxylation is 1. The number of ether oxygens (including phenoxy) is 1. The van der Waals surface area contributed by atoms with Gasteiger partial charge in [-0.25, -0.2) is 4.79 Å². The zero-order chi connectivity index (χ0) is 13.9. The molecule has 0 amide bonds. The molecule has 1 aromatic heterocycles. The van der Waals surface area contributed by atoms with Gasteiger partial charge in [-0.2, -0.15) is 0 Å². The monoisotopic (exact) mass is 265 g/mol. The van der Waals surface area contributed by atoms with Crippen LogP contribution in [-0.2, 0) is 11.2 Å². The maximum Gasteiger partial charge on any atom is 0.337 e. The number of pyridine rings is 1. The van der Waals surface area contributed by atoms with Crippen molar-refractivity contribution in [3.63, 3.8) is 0 Å². The van der Waals surface area contributed by atoms with Gasteiger partial charge in [-0.15, -0.1) is 0 Å². The van der Waals surface area contributed by atoms with Gasteiger partial charge in [-0.3, -0.25) is 4.98 Å². The second-order valence-corrected chi connectivity index (χ2v) is 4.62. The van der Waals surface area contributed by atoms with Crippen molar-refractivity contribution in [2.24, 2.45) is 0 Å². The number of aromatic nitrogens is 1. The molecule has 0 fully saturated rings. The molecular weight excluding hydrogens is 242 g/mol. The highest BCUT2D eigenvalue weighted by atomic mass is 16.5. The van der Waals surface area contributed by atoms with E-state index in [2.05, 4.69) is 11.9 Å². The van der Waals surface area contributed by atoms with Crippen molar-refractivity contribution in [2.45, 2.75) is 45.4 Å². The second kappa shape index (κ2) is 9.50. The smallest absolute Gasteiger partial charge is 0.337 e. The Balaban J connectivity index is 2.07. The number of hydrogen-bond acceptors (Lipinski definition) is 3. The van der Waals surface area contributed by atoms with Crippen LogP contribution in [0, 0.1) is 0 Å². The molecule has 4 heteroatoms. The van der Waals surface area contributed by atoms with Gasteiger partial charge in [-0.1, -0.05) is 19.8 Å². The molecule has 0 aliphatic rings. The van der Waals surface area contributed by atoms with Crippen LogP contribution in [-0.4, -0.2) is 29.3 Å². The van der Waals surface area contributed by atoms with Gasteiger partial charge in [0.05, 0.1) is 5.56 Å². The molecule has 1 rings (SSSR count). The largest absolute Gasteiger partial charge is 0.478 e. The van der Waals surface area contributed by atoms with Crippen LogP contribution >= 0.6 is 0 Å². The predicted molar refractivity (Wildman–Crippen MR) is 74.5 cm³/mol. The number of carboxylic acid groups (broad SMARTS) is 1. The number of carboxylic acids is 1. The summed E-state index contributed by atoms with van der Waals surface area (Å²) in [6, 6.07) is 3.39. The van der Waals surface area contributed by atoms with Gasteiger partial charge in [0.25, 0.3) is 0 Å². The first-order chi connectivity index (χ1) is 9.24. The lowest BCUT2D eigenvalue weighted by atomic mass is 10.1. The van der Waals surface area contributed by atoms with Crippen LogP contribution in [0.5, 0.6) is 0 Å². The lowest BCUT2D eigenvalue weighted by molar-refractivity contribution is 0.0696. The molecule has 0 aromatic carbocycles. The van der Waals surface area contributed by atoms with Crippen molar-refractivity contribution >= 4 is 5.97 Å². The highest BCUT2D eigenvalue weighted by Crippen LogP contribution is 2.05. The molecule has 1 heterocycles. The maximum absolute atomic E-state index is 10.7.